The molecule has 0 saturated heterocycles. The molecule has 2 rings (SSSR count). The van der Waals surface area contributed by atoms with Gasteiger partial charge in [0.05, 0.1) is 0 Å². The Morgan fingerprint density at radius 1 is 1.47 bits per heavy atom. The minimum Gasteiger partial charge on any atom is -0.384 e. The molecule has 1 aromatic rings. The summed E-state index contributed by atoms with van der Waals surface area (Å²) in [6.45, 7) is 7.83. The molecule has 3 heteroatoms. The Labute approximate surface area is 91.3 Å². The Kier molecular flexibility index (Phi) is 2.91. The highest BCUT2D eigenvalue weighted by Crippen LogP contribution is 2.18. The van der Waals surface area contributed by atoms with Gasteiger partial charge in [-0.15, -0.1) is 0 Å². The second-order valence-electron chi connectivity index (χ2n) is 4.72. The van der Waals surface area contributed by atoms with Crippen LogP contribution in [0.2, 0.25) is 0 Å². The van der Waals surface area contributed by atoms with Gasteiger partial charge < -0.3 is 5.73 Å². The number of rotatable bonds is 2. The topological polar surface area (TPSA) is 42.2 Å². The van der Waals surface area contributed by atoms with E-state index in [1.807, 2.05) is 6.07 Å². The van der Waals surface area contributed by atoms with Gasteiger partial charge in [0.25, 0.3) is 0 Å². The van der Waals surface area contributed by atoms with E-state index < -0.39 is 0 Å². The number of pyridine rings is 1. The second-order valence-corrected chi connectivity index (χ2v) is 4.72. The minimum atomic E-state index is 0.644. The highest BCUT2D eigenvalue weighted by Gasteiger charge is 2.17. The summed E-state index contributed by atoms with van der Waals surface area (Å²) >= 11 is 0. The molecule has 82 valence electrons. The number of nitrogens with zero attached hydrogens (tertiary/aromatic N) is 2. The van der Waals surface area contributed by atoms with Gasteiger partial charge in [-0.3, -0.25) is 4.90 Å². The van der Waals surface area contributed by atoms with Crippen LogP contribution in [0.25, 0.3) is 0 Å². The van der Waals surface area contributed by atoms with Crippen molar-refractivity contribution in [1.82, 2.24) is 9.88 Å². The Hall–Kier alpha value is -1.09. The van der Waals surface area contributed by atoms with Crippen LogP contribution in [0.4, 0.5) is 5.82 Å². The van der Waals surface area contributed by atoms with E-state index in [-0.39, 0.29) is 0 Å². The van der Waals surface area contributed by atoms with E-state index in [4.69, 9.17) is 5.73 Å². The van der Waals surface area contributed by atoms with Gasteiger partial charge in [-0.2, -0.15) is 0 Å². The summed E-state index contributed by atoms with van der Waals surface area (Å²) in [6, 6.07) is 4.02. The molecule has 0 amide bonds. The maximum Gasteiger partial charge on any atom is 0.123 e. The molecular weight excluding hydrogens is 186 g/mol. The maximum atomic E-state index is 5.67. The highest BCUT2D eigenvalue weighted by molar-refractivity contribution is 5.35. The summed E-state index contributed by atoms with van der Waals surface area (Å²) in [7, 11) is 0. The first-order valence-electron chi connectivity index (χ1n) is 5.62. The zero-order valence-corrected chi connectivity index (χ0v) is 9.53. The maximum absolute atomic E-state index is 5.67. The van der Waals surface area contributed by atoms with Crippen LogP contribution in [0.5, 0.6) is 0 Å². The van der Waals surface area contributed by atoms with E-state index in [9.17, 15) is 0 Å². The van der Waals surface area contributed by atoms with Crippen molar-refractivity contribution < 1.29 is 0 Å². The fourth-order valence-electron chi connectivity index (χ4n) is 2.16. The van der Waals surface area contributed by atoms with Crippen LogP contribution >= 0.6 is 0 Å². The highest BCUT2D eigenvalue weighted by atomic mass is 15.1. The van der Waals surface area contributed by atoms with Gasteiger partial charge in [0.2, 0.25) is 0 Å². The molecule has 0 spiro atoms. The molecule has 2 N–H and O–H groups in total. The van der Waals surface area contributed by atoms with Crippen molar-refractivity contribution in [2.75, 3.05) is 18.8 Å². The number of aromatic nitrogens is 1. The van der Waals surface area contributed by atoms with Crippen molar-refractivity contribution in [2.45, 2.75) is 26.8 Å². The lowest BCUT2D eigenvalue weighted by molar-refractivity contribution is 0.225. The van der Waals surface area contributed by atoms with Gasteiger partial charge in [-0.25, -0.2) is 4.98 Å². The largest absolute Gasteiger partial charge is 0.384 e. The molecule has 3 nitrogen and oxygen atoms in total. The molecule has 0 radical (unpaired) electrons. The number of hydrogen-bond donors (Lipinski definition) is 1. The van der Waals surface area contributed by atoms with Gasteiger partial charge in [0.15, 0.2) is 0 Å². The molecule has 0 saturated carbocycles. The molecule has 1 aromatic heterocycles. The van der Waals surface area contributed by atoms with Crippen molar-refractivity contribution in [3.05, 3.63) is 23.4 Å². The molecule has 15 heavy (non-hydrogen) atoms. The predicted molar refractivity (Wildman–Crippen MR) is 62.5 cm³/mol. The molecule has 0 aliphatic carbocycles. The summed E-state index contributed by atoms with van der Waals surface area (Å²) in [5.41, 5.74) is 8.21. The number of anilines is 1. The zero-order chi connectivity index (χ0) is 10.8. The van der Waals surface area contributed by atoms with Crippen LogP contribution in [0.3, 0.4) is 0 Å². The second kappa shape index (κ2) is 4.19. The third-order valence-corrected chi connectivity index (χ3v) is 2.77. The summed E-state index contributed by atoms with van der Waals surface area (Å²) < 4.78 is 0. The third-order valence-electron chi connectivity index (χ3n) is 2.77. The van der Waals surface area contributed by atoms with Crippen molar-refractivity contribution in [2.24, 2.45) is 5.92 Å². The predicted octanol–water partition coefficient (Wildman–Crippen LogP) is 1.68. The number of fused-ring (bicyclic) bond motifs is 1. The third kappa shape index (κ3) is 2.48. The Morgan fingerprint density at radius 3 is 3.00 bits per heavy atom. The van der Waals surface area contributed by atoms with Gasteiger partial charge in [0, 0.05) is 31.7 Å². The molecule has 1 aliphatic heterocycles. The zero-order valence-electron chi connectivity index (χ0n) is 9.53. The number of nitrogens with two attached hydrogens (primary N) is 1. The van der Waals surface area contributed by atoms with Gasteiger partial charge in [0.1, 0.15) is 5.82 Å². The lowest BCUT2D eigenvalue weighted by Crippen LogP contribution is -2.33. The normalized spacial score (nSPS) is 16.7. The monoisotopic (exact) mass is 205 g/mol. The van der Waals surface area contributed by atoms with Gasteiger partial charge in [-0.1, -0.05) is 19.9 Å². The van der Waals surface area contributed by atoms with Crippen LogP contribution in [0.15, 0.2) is 12.1 Å². The van der Waals surface area contributed by atoms with E-state index in [0.29, 0.717) is 5.82 Å². The van der Waals surface area contributed by atoms with Crippen molar-refractivity contribution in [3.8, 4) is 0 Å². The molecule has 0 fully saturated rings. The van der Waals surface area contributed by atoms with Gasteiger partial charge in [-0.05, 0) is 17.5 Å². The lowest BCUT2D eigenvalue weighted by Gasteiger charge is -2.29. The Bertz CT molecular complexity index is 347. The average molecular weight is 205 g/mol. The minimum absolute atomic E-state index is 0.644. The SMILES string of the molecule is CC(C)CN1CCc2nc(N)ccc2C1. The van der Waals surface area contributed by atoms with Crippen molar-refractivity contribution in [1.29, 1.82) is 0 Å². The van der Waals surface area contributed by atoms with Crippen molar-refractivity contribution in [3.63, 3.8) is 0 Å². The molecule has 1 aliphatic rings. The Morgan fingerprint density at radius 2 is 2.27 bits per heavy atom. The smallest absolute Gasteiger partial charge is 0.123 e. The first kappa shape index (κ1) is 10.4. The van der Waals surface area contributed by atoms with Crippen molar-refractivity contribution >= 4 is 5.82 Å². The van der Waals surface area contributed by atoms with E-state index in [1.54, 1.807) is 0 Å². The standard InChI is InChI=1S/C12H19N3/c1-9(2)7-15-6-5-11-10(8-15)3-4-12(13)14-11/h3-4,9H,5-8H2,1-2H3,(H2,13,14). The van der Waals surface area contributed by atoms with Crippen LogP contribution in [-0.4, -0.2) is 23.0 Å². The summed E-state index contributed by atoms with van der Waals surface area (Å²) in [4.78, 5) is 6.87. The molecule has 2 heterocycles. The number of nitrogen functional groups attached to an aromatic ring is 1. The lowest BCUT2D eigenvalue weighted by atomic mass is 10.0. The summed E-state index contributed by atoms with van der Waals surface area (Å²) in [5.74, 6) is 1.37. The quantitative estimate of drug-likeness (QED) is 0.798. The van der Waals surface area contributed by atoms with E-state index in [0.717, 1.165) is 25.4 Å². The van der Waals surface area contributed by atoms with Gasteiger partial charge >= 0.3 is 0 Å². The fourth-order valence-corrected chi connectivity index (χ4v) is 2.16. The number of hydrogen-bond acceptors (Lipinski definition) is 3. The molecule has 0 bridgehead atoms. The summed E-state index contributed by atoms with van der Waals surface area (Å²) in [5, 5.41) is 0. The van der Waals surface area contributed by atoms with Crippen LogP contribution in [-0.2, 0) is 13.0 Å². The molecule has 0 atom stereocenters. The van der Waals surface area contributed by atoms with Crippen LogP contribution in [0, 0.1) is 5.92 Å². The van der Waals surface area contributed by atoms with E-state index in [1.165, 1.54) is 17.8 Å². The molecule has 0 aromatic carbocycles. The van der Waals surface area contributed by atoms with Crippen LogP contribution < -0.4 is 5.73 Å². The van der Waals surface area contributed by atoms with Crippen LogP contribution in [0.1, 0.15) is 25.1 Å². The summed E-state index contributed by atoms with van der Waals surface area (Å²) in [6.07, 6.45) is 1.03. The fraction of sp³-hybridized carbons (Fsp3) is 0.583. The average Bonchev–Trinajstić information content (AvgIpc) is 2.17. The molecular formula is C12H19N3. The molecule has 0 unspecified atom stereocenters. The first-order valence-corrected chi connectivity index (χ1v) is 5.62. The van der Waals surface area contributed by atoms with E-state index >= 15 is 0 Å². The Balaban J connectivity index is 2.10. The van der Waals surface area contributed by atoms with E-state index in [2.05, 4.69) is 29.8 Å². The first-order chi connectivity index (χ1) is 7.15.